The molecule has 0 aromatic heterocycles. The molecule has 4 nitrogen and oxygen atoms in total. The second kappa shape index (κ2) is 7.09. The molecule has 0 aromatic carbocycles. The molecular weight excluding hydrogens is 220 g/mol. The van der Waals surface area contributed by atoms with Gasteiger partial charge in [0.05, 0.1) is 6.61 Å². The zero-order valence-electron chi connectivity index (χ0n) is 10.3. The van der Waals surface area contributed by atoms with Gasteiger partial charge in [-0.1, -0.05) is 32.1 Å². The summed E-state index contributed by atoms with van der Waals surface area (Å²) < 4.78 is 4.88. The van der Waals surface area contributed by atoms with Crippen molar-refractivity contribution >= 4 is 11.9 Å². The lowest BCUT2D eigenvalue weighted by Crippen LogP contribution is -2.15. The monoisotopic (exact) mass is 240 g/mol. The van der Waals surface area contributed by atoms with Gasteiger partial charge in [0.15, 0.2) is 0 Å². The third-order valence-electron chi connectivity index (χ3n) is 3.07. The quantitative estimate of drug-likeness (QED) is 0.592. The highest BCUT2D eigenvalue weighted by Gasteiger charge is 2.20. The summed E-state index contributed by atoms with van der Waals surface area (Å²) in [7, 11) is 0. The van der Waals surface area contributed by atoms with Crippen LogP contribution in [-0.2, 0) is 14.3 Å². The molecule has 0 bridgehead atoms. The molecular formula is C13H20O4. The molecule has 0 heterocycles. The van der Waals surface area contributed by atoms with Crippen molar-refractivity contribution in [3.63, 3.8) is 0 Å². The fourth-order valence-electron chi connectivity index (χ4n) is 2.28. The molecule has 4 heteroatoms. The highest BCUT2D eigenvalue weighted by Crippen LogP contribution is 2.29. The topological polar surface area (TPSA) is 63.6 Å². The van der Waals surface area contributed by atoms with Gasteiger partial charge in [-0.05, 0) is 19.3 Å². The summed E-state index contributed by atoms with van der Waals surface area (Å²) in [5.41, 5.74) is 0.297. The fraction of sp³-hybridized carbons (Fsp3) is 0.692. The smallest absolute Gasteiger partial charge is 0.334 e. The lowest BCUT2D eigenvalue weighted by Gasteiger charge is -2.21. The first kappa shape index (κ1) is 13.7. The Hall–Kier alpha value is -1.32. The molecule has 96 valence electrons. The van der Waals surface area contributed by atoms with E-state index in [-0.39, 0.29) is 6.61 Å². The van der Waals surface area contributed by atoms with Gasteiger partial charge in [0.25, 0.3) is 0 Å². The first-order chi connectivity index (χ1) is 8.13. The molecule has 0 amide bonds. The predicted molar refractivity (Wildman–Crippen MR) is 63.5 cm³/mol. The zero-order chi connectivity index (χ0) is 12.7. The number of carbonyl (C=O) groups is 2. The van der Waals surface area contributed by atoms with Crippen molar-refractivity contribution in [2.24, 2.45) is 5.92 Å². The molecule has 1 saturated carbocycles. The zero-order valence-corrected chi connectivity index (χ0v) is 10.3. The van der Waals surface area contributed by atoms with Crippen LogP contribution in [0.4, 0.5) is 0 Å². The number of carbonyl (C=O) groups excluding carboxylic acids is 1. The van der Waals surface area contributed by atoms with Crippen LogP contribution in [0.3, 0.4) is 0 Å². The highest BCUT2D eigenvalue weighted by atomic mass is 16.5. The third kappa shape index (κ3) is 5.02. The molecule has 0 unspecified atom stereocenters. The van der Waals surface area contributed by atoms with Crippen molar-refractivity contribution in [2.75, 3.05) is 6.61 Å². The molecule has 0 radical (unpaired) electrons. The Labute approximate surface area is 102 Å². The minimum Gasteiger partial charge on any atom is -0.478 e. The second-order valence-corrected chi connectivity index (χ2v) is 4.44. The maximum absolute atomic E-state index is 11.6. The SMILES string of the molecule is CCOC(=O)/C(=C\C(=O)O)CC1CCCCC1. The van der Waals surface area contributed by atoms with Gasteiger partial charge in [0.1, 0.15) is 0 Å². The predicted octanol–water partition coefficient (Wildman–Crippen LogP) is 2.53. The summed E-state index contributed by atoms with van der Waals surface area (Å²) in [5, 5.41) is 8.75. The van der Waals surface area contributed by atoms with E-state index in [1.807, 2.05) is 0 Å². The Kier molecular flexibility index (Phi) is 5.73. The molecule has 1 aliphatic carbocycles. The van der Waals surface area contributed by atoms with Crippen LogP contribution in [-0.4, -0.2) is 23.7 Å². The Bertz CT molecular complexity index is 301. The summed E-state index contributed by atoms with van der Waals surface area (Å²) in [6, 6.07) is 0. The number of hydrogen-bond donors (Lipinski definition) is 1. The van der Waals surface area contributed by atoms with Crippen LogP contribution >= 0.6 is 0 Å². The third-order valence-corrected chi connectivity index (χ3v) is 3.07. The molecule has 0 aromatic rings. The van der Waals surface area contributed by atoms with Gasteiger partial charge in [-0.15, -0.1) is 0 Å². The van der Waals surface area contributed by atoms with Crippen LogP contribution in [0.1, 0.15) is 45.4 Å². The maximum atomic E-state index is 11.6. The van der Waals surface area contributed by atoms with Crippen molar-refractivity contribution in [3.05, 3.63) is 11.6 Å². The normalized spacial score (nSPS) is 17.8. The molecule has 0 saturated heterocycles. The van der Waals surface area contributed by atoms with Gasteiger partial charge in [-0.3, -0.25) is 0 Å². The average Bonchev–Trinajstić information content (AvgIpc) is 2.29. The van der Waals surface area contributed by atoms with Gasteiger partial charge >= 0.3 is 11.9 Å². The van der Waals surface area contributed by atoms with Crippen molar-refractivity contribution in [2.45, 2.75) is 45.4 Å². The molecule has 0 spiro atoms. The number of rotatable bonds is 5. The van der Waals surface area contributed by atoms with E-state index in [0.29, 0.717) is 17.9 Å². The van der Waals surface area contributed by atoms with Gasteiger partial charge in [0.2, 0.25) is 0 Å². The summed E-state index contributed by atoms with van der Waals surface area (Å²) in [4.78, 5) is 22.3. The van der Waals surface area contributed by atoms with E-state index in [9.17, 15) is 9.59 Å². The number of ether oxygens (including phenoxy) is 1. The fourth-order valence-corrected chi connectivity index (χ4v) is 2.28. The van der Waals surface area contributed by atoms with E-state index in [2.05, 4.69) is 0 Å². The number of aliphatic carboxylic acids is 1. The number of hydrogen-bond acceptors (Lipinski definition) is 3. The van der Waals surface area contributed by atoms with Crippen molar-refractivity contribution in [1.82, 2.24) is 0 Å². The molecule has 1 aliphatic rings. The van der Waals surface area contributed by atoms with E-state index in [1.165, 1.54) is 19.3 Å². The van der Waals surface area contributed by atoms with Crippen molar-refractivity contribution in [3.8, 4) is 0 Å². The Morgan fingerprint density at radius 2 is 1.94 bits per heavy atom. The average molecular weight is 240 g/mol. The minimum absolute atomic E-state index is 0.278. The van der Waals surface area contributed by atoms with Crippen LogP contribution in [0.15, 0.2) is 11.6 Å². The Morgan fingerprint density at radius 3 is 2.47 bits per heavy atom. The first-order valence-corrected chi connectivity index (χ1v) is 6.24. The van der Waals surface area contributed by atoms with Crippen LogP contribution in [0.5, 0.6) is 0 Å². The summed E-state index contributed by atoms with van der Waals surface area (Å²) in [5.74, 6) is -1.14. The number of esters is 1. The van der Waals surface area contributed by atoms with E-state index in [1.54, 1.807) is 6.92 Å². The molecule has 1 fully saturated rings. The second-order valence-electron chi connectivity index (χ2n) is 4.44. The van der Waals surface area contributed by atoms with Gasteiger partial charge < -0.3 is 9.84 Å². The number of carboxylic acids is 1. The van der Waals surface area contributed by atoms with Crippen LogP contribution in [0.2, 0.25) is 0 Å². The molecule has 0 aliphatic heterocycles. The molecule has 17 heavy (non-hydrogen) atoms. The van der Waals surface area contributed by atoms with E-state index < -0.39 is 11.9 Å². The molecule has 0 atom stereocenters. The van der Waals surface area contributed by atoms with Crippen molar-refractivity contribution < 1.29 is 19.4 Å². The summed E-state index contributed by atoms with van der Waals surface area (Å²) in [6.45, 7) is 2.00. The maximum Gasteiger partial charge on any atom is 0.334 e. The largest absolute Gasteiger partial charge is 0.478 e. The first-order valence-electron chi connectivity index (χ1n) is 6.24. The minimum atomic E-state index is -1.08. The van der Waals surface area contributed by atoms with E-state index in [4.69, 9.17) is 9.84 Å². The lowest BCUT2D eigenvalue weighted by atomic mass is 9.84. The van der Waals surface area contributed by atoms with Crippen LogP contribution in [0.25, 0.3) is 0 Å². The lowest BCUT2D eigenvalue weighted by molar-refractivity contribution is -0.139. The summed E-state index contributed by atoms with van der Waals surface area (Å²) in [6.07, 6.45) is 7.28. The van der Waals surface area contributed by atoms with Crippen LogP contribution in [0, 0.1) is 5.92 Å². The van der Waals surface area contributed by atoms with Gasteiger partial charge in [-0.2, -0.15) is 0 Å². The van der Waals surface area contributed by atoms with Crippen LogP contribution < -0.4 is 0 Å². The standard InChI is InChI=1S/C13H20O4/c1-2-17-13(16)11(9-12(14)15)8-10-6-4-3-5-7-10/h9-10H,2-8H2,1H3,(H,14,15)/b11-9-. The molecule has 1 rings (SSSR count). The Balaban J connectivity index is 2.62. The van der Waals surface area contributed by atoms with Gasteiger partial charge in [0, 0.05) is 11.6 Å². The Morgan fingerprint density at radius 1 is 1.29 bits per heavy atom. The highest BCUT2D eigenvalue weighted by molar-refractivity contribution is 5.95. The molecule has 1 N–H and O–H groups in total. The van der Waals surface area contributed by atoms with E-state index >= 15 is 0 Å². The van der Waals surface area contributed by atoms with Gasteiger partial charge in [-0.25, -0.2) is 9.59 Å². The van der Waals surface area contributed by atoms with Crippen molar-refractivity contribution in [1.29, 1.82) is 0 Å². The summed E-state index contributed by atoms with van der Waals surface area (Å²) >= 11 is 0. The number of carboxylic acid groups (broad SMARTS) is 1. The van der Waals surface area contributed by atoms with E-state index in [0.717, 1.165) is 18.9 Å².